The molecular formula is C17H30N4O. The number of aliphatic imine (C=N–C) groups is 1. The number of hydrogen-bond acceptors (Lipinski definition) is 3. The second kappa shape index (κ2) is 8.83. The molecule has 2 heterocycles. The first kappa shape index (κ1) is 16.9. The van der Waals surface area contributed by atoms with Crippen LogP contribution in [0.4, 0.5) is 0 Å². The number of furan rings is 1. The highest BCUT2D eigenvalue weighted by Crippen LogP contribution is 2.17. The molecule has 0 bridgehead atoms. The summed E-state index contributed by atoms with van der Waals surface area (Å²) in [4.78, 5) is 9.57. The van der Waals surface area contributed by atoms with Gasteiger partial charge in [0.15, 0.2) is 5.96 Å². The number of nitrogens with one attached hydrogen (secondary N) is 1. The predicted octanol–water partition coefficient (Wildman–Crippen LogP) is 2.20. The molecule has 1 aliphatic heterocycles. The first-order valence-corrected chi connectivity index (χ1v) is 8.50. The highest BCUT2D eigenvalue weighted by atomic mass is 16.3. The maximum atomic E-state index is 5.36. The first-order chi connectivity index (χ1) is 10.7. The van der Waals surface area contributed by atoms with Crippen molar-refractivity contribution in [2.45, 2.75) is 39.2 Å². The van der Waals surface area contributed by atoms with Crippen LogP contribution in [-0.4, -0.2) is 61.6 Å². The molecule has 0 radical (unpaired) electrons. The summed E-state index contributed by atoms with van der Waals surface area (Å²) in [6.07, 6.45) is 5.18. The van der Waals surface area contributed by atoms with Crippen molar-refractivity contribution in [2.75, 3.05) is 39.8 Å². The van der Waals surface area contributed by atoms with E-state index in [0.29, 0.717) is 6.04 Å². The van der Waals surface area contributed by atoms with Crippen LogP contribution in [0.2, 0.25) is 0 Å². The van der Waals surface area contributed by atoms with Gasteiger partial charge in [0, 0.05) is 39.1 Å². The average molecular weight is 306 g/mol. The van der Waals surface area contributed by atoms with Crippen molar-refractivity contribution in [2.24, 2.45) is 4.99 Å². The normalized spacial score (nSPS) is 19.6. The summed E-state index contributed by atoms with van der Waals surface area (Å²) < 4.78 is 5.36. The molecule has 1 aliphatic rings. The van der Waals surface area contributed by atoms with E-state index in [0.717, 1.165) is 44.3 Å². The van der Waals surface area contributed by atoms with Crippen molar-refractivity contribution in [3.63, 3.8) is 0 Å². The highest BCUT2D eigenvalue weighted by molar-refractivity contribution is 5.79. The van der Waals surface area contributed by atoms with E-state index < -0.39 is 0 Å². The lowest BCUT2D eigenvalue weighted by atomic mass is 10.2. The van der Waals surface area contributed by atoms with Gasteiger partial charge in [-0.25, -0.2) is 0 Å². The van der Waals surface area contributed by atoms with Crippen LogP contribution in [0.3, 0.4) is 0 Å². The van der Waals surface area contributed by atoms with Gasteiger partial charge in [-0.3, -0.25) is 9.89 Å². The van der Waals surface area contributed by atoms with Gasteiger partial charge in [0.2, 0.25) is 0 Å². The van der Waals surface area contributed by atoms with Gasteiger partial charge in [-0.2, -0.15) is 0 Å². The fraction of sp³-hybridized carbons (Fsp3) is 0.706. The zero-order chi connectivity index (χ0) is 15.8. The summed E-state index contributed by atoms with van der Waals surface area (Å²) in [5, 5.41) is 3.40. The van der Waals surface area contributed by atoms with E-state index in [9.17, 15) is 0 Å². The Morgan fingerprint density at radius 2 is 2.36 bits per heavy atom. The molecule has 124 valence electrons. The lowest BCUT2D eigenvalue weighted by Crippen LogP contribution is -2.46. The number of hydrogen-bond donors (Lipinski definition) is 1. The van der Waals surface area contributed by atoms with Gasteiger partial charge in [0.1, 0.15) is 5.76 Å². The molecule has 1 aromatic rings. The fourth-order valence-corrected chi connectivity index (χ4v) is 3.12. The molecule has 1 saturated heterocycles. The van der Waals surface area contributed by atoms with E-state index >= 15 is 0 Å². The quantitative estimate of drug-likeness (QED) is 0.619. The molecule has 0 aromatic carbocycles. The third kappa shape index (κ3) is 4.77. The van der Waals surface area contributed by atoms with Crippen molar-refractivity contribution in [3.8, 4) is 0 Å². The molecule has 1 atom stereocenters. The second-order valence-corrected chi connectivity index (χ2v) is 5.87. The monoisotopic (exact) mass is 306 g/mol. The standard InChI is InChI=1S/C17H30N4O/c1-4-18-17(19-11-10-16-9-7-13-22-16)20(3)14-15-8-6-12-21(15)5-2/h7,9,13,15H,4-6,8,10-12,14H2,1-3H3,(H,18,19). The average Bonchev–Trinajstić information content (AvgIpc) is 3.17. The minimum atomic E-state index is 0.656. The summed E-state index contributed by atoms with van der Waals surface area (Å²) in [7, 11) is 2.14. The molecule has 1 fully saturated rings. The zero-order valence-electron chi connectivity index (χ0n) is 14.2. The maximum absolute atomic E-state index is 5.36. The van der Waals surface area contributed by atoms with Crippen LogP contribution in [0, 0.1) is 0 Å². The fourth-order valence-electron chi connectivity index (χ4n) is 3.12. The Bertz CT molecular complexity index is 444. The summed E-state index contributed by atoms with van der Waals surface area (Å²) in [5.41, 5.74) is 0. The molecule has 1 N–H and O–H groups in total. The van der Waals surface area contributed by atoms with Crippen molar-refractivity contribution in [1.29, 1.82) is 0 Å². The Balaban J connectivity index is 1.87. The Morgan fingerprint density at radius 1 is 1.50 bits per heavy atom. The number of rotatable bonds is 7. The number of likely N-dealkylation sites (tertiary alicyclic amines) is 1. The van der Waals surface area contributed by atoms with Gasteiger partial charge in [0.25, 0.3) is 0 Å². The van der Waals surface area contributed by atoms with Gasteiger partial charge in [-0.05, 0) is 45.0 Å². The van der Waals surface area contributed by atoms with Crippen LogP contribution in [0.15, 0.2) is 27.8 Å². The Kier molecular flexibility index (Phi) is 6.77. The van der Waals surface area contributed by atoms with Crippen molar-refractivity contribution in [3.05, 3.63) is 24.2 Å². The maximum Gasteiger partial charge on any atom is 0.193 e. The zero-order valence-corrected chi connectivity index (χ0v) is 14.2. The number of nitrogens with zero attached hydrogens (tertiary/aromatic N) is 3. The van der Waals surface area contributed by atoms with E-state index in [4.69, 9.17) is 9.41 Å². The SMILES string of the molecule is CCNC(=NCCc1ccco1)N(C)CC1CCCN1CC. The first-order valence-electron chi connectivity index (χ1n) is 8.50. The Morgan fingerprint density at radius 3 is 3.05 bits per heavy atom. The molecule has 0 saturated carbocycles. The molecule has 1 unspecified atom stereocenters. The molecule has 0 spiro atoms. The van der Waals surface area contributed by atoms with E-state index in [1.165, 1.54) is 19.4 Å². The second-order valence-electron chi connectivity index (χ2n) is 5.87. The molecule has 2 rings (SSSR count). The number of likely N-dealkylation sites (N-methyl/N-ethyl adjacent to an activating group) is 2. The van der Waals surface area contributed by atoms with Crippen LogP contribution < -0.4 is 5.32 Å². The molecule has 5 heteroatoms. The minimum Gasteiger partial charge on any atom is -0.469 e. The van der Waals surface area contributed by atoms with Crippen LogP contribution in [0.25, 0.3) is 0 Å². The lowest BCUT2D eigenvalue weighted by molar-refractivity contribution is 0.232. The molecule has 0 amide bonds. The van der Waals surface area contributed by atoms with E-state index in [1.54, 1.807) is 6.26 Å². The van der Waals surface area contributed by atoms with E-state index in [1.807, 2.05) is 12.1 Å². The molecule has 5 nitrogen and oxygen atoms in total. The molecule has 1 aromatic heterocycles. The summed E-state index contributed by atoms with van der Waals surface area (Å²) in [6.45, 7) is 9.44. The van der Waals surface area contributed by atoms with Crippen molar-refractivity contribution in [1.82, 2.24) is 15.1 Å². The van der Waals surface area contributed by atoms with E-state index in [2.05, 4.69) is 36.0 Å². The van der Waals surface area contributed by atoms with Gasteiger partial charge >= 0.3 is 0 Å². The highest BCUT2D eigenvalue weighted by Gasteiger charge is 2.24. The van der Waals surface area contributed by atoms with Gasteiger partial charge in [-0.1, -0.05) is 6.92 Å². The third-order valence-electron chi connectivity index (χ3n) is 4.29. The van der Waals surface area contributed by atoms with Gasteiger partial charge < -0.3 is 14.6 Å². The van der Waals surface area contributed by atoms with Crippen LogP contribution >= 0.6 is 0 Å². The Labute approximate surface area is 134 Å². The summed E-state index contributed by atoms with van der Waals surface area (Å²) in [6, 6.07) is 4.59. The minimum absolute atomic E-state index is 0.656. The predicted molar refractivity (Wildman–Crippen MR) is 91.3 cm³/mol. The number of guanidine groups is 1. The topological polar surface area (TPSA) is 44.0 Å². The van der Waals surface area contributed by atoms with Gasteiger partial charge in [-0.15, -0.1) is 0 Å². The van der Waals surface area contributed by atoms with Gasteiger partial charge in [0.05, 0.1) is 6.26 Å². The summed E-state index contributed by atoms with van der Waals surface area (Å²) >= 11 is 0. The van der Waals surface area contributed by atoms with Crippen LogP contribution in [-0.2, 0) is 6.42 Å². The molecule has 0 aliphatic carbocycles. The van der Waals surface area contributed by atoms with Crippen LogP contribution in [0.1, 0.15) is 32.4 Å². The summed E-state index contributed by atoms with van der Waals surface area (Å²) in [5.74, 6) is 1.99. The van der Waals surface area contributed by atoms with Crippen molar-refractivity contribution >= 4 is 5.96 Å². The smallest absolute Gasteiger partial charge is 0.193 e. The molecule has 22 heavy (non-hydrogen) atoms. The third-order valence-corrected chi connectivity index (χ3v) is 4.29. The lowest BCUT2D eigenvalue weighted by Gasteiger charge is -2.29. The van der Waals surface area contributed by atoms with E-state index in [-0.39, 0.29) is 0 Å². The van der Waals surface area contributed by atoms with Crippen LogP contribution in [0.5, 0.6) is 0 Å². The Hall–Kier alpha value is -1.49. The van der Waals surface area contributed by atoms with Crippen molar-refractivity contribution < 1.29 is 4.42 Å². The molecular weight excluding hydrogens is 276 g/mol. The largest absolute Gasteiger partial charge is 0.469 e.